The first kappa shape index (κ1) is 17.6. The van der Waals surface area contributed by atoms with Gasteiger partial charge in [-0.05, 0) is 18.4 Å². The van der Waals surface area contributed by atoms with E-state index in [1.165, 1.54) is 19.3 Å². The van der Waals surface area contributed by atoms with Gasteiger partial charge in [-0.2, -0.15) is 0 Å². The molecular formula is C19H26O5S. The molecule has 1 N–H and O–H groups in total. The lowest BCUT2D eigenvalue weighted by molar-refractivity contribution is -0.271. The van der Waals surface area contributed by atoms with E-state index in [1.807, 2.05) is 30.3 Å². The minimum absolute atomic E-state index is 0.158. The quantitative estimate of drug-likeness (QED) is 0.865. The van der Waals surface area contributed by atoms with Gasteiger partial charge in [-0.3, -0.25) is 4.21 Å². The summed E-state index contributed by atoms with van der Waals surface area (Å²) in [7, 11) is -1.14. The van der Waals surface area contributed by atoms with Gasteiger partial charge in [-0.15, -0.1) is 0 Å². The Morgan fingerprint density at radius 1 is 1.16 bits per heavy atom. The van der Waals surface area contributed by atoms with Crippen molar-refractivity contribution < 1.29 is 23.5 Å². The number of fused-ring (bicyclic) bond motifs is 3. The van der Waals surface area contributed by atoms with Crippen molar-refractivity contribution in [3.8, 4) is 0 Å². The second-order valence-electron chi connectivity index (χ2n) is 7.20. The Bertz CT molecular complexity index is 587. The fourth-order valence-corrected chi connectivity index (χ4v) is 5.71. The molecule has 0 spiro atoms. The van der Waals surface area contributed by atoms with E-state index in [1.54, 1.807) is 0 Å². The molecule has 6 heteroatoms. The molecule has 1 aromatic carbocycles. The van der Waals surface area contributed by atoms with Crippen LogP contribution in [0.3, 0.4) is 0 Å². The molecule has 0 unspecified atom stereocenters. The molecule has 4 fully saturated rings. The third-order valence-electron chi connectivity index (χ3n) is 5.41. The first-order valence-corrected chi connectivity index (χ1v) is 10.6. The summed E-state index contributed by atoms with van der Waals surface area (Å²) in [6, 6.07) is 9.85. The lowest BCUT2D eigenvalue weighted by atomic mass is 9.97. The van der Waals surface area contributed by atoms with Crippen molar-refractivity contribution in [3.05, 3.63) is 35.9 Å². The molecule has 4 aliphatic rings. The second kappa shape index (κ2) is 7.84. The van der Waals surface area contributed by atoms with E-state index < -0.39 is 34.5 Å². The van der Waals surface area contributed by atoms with Crippen LogP contribution in [0, 0.1) is 0 Å². The molecular weight excluding hydrogens is 340 g/mol. The average molecular weight is 366 g/mol. The smallest absolute Gasteiger partial charge is 0.175 e. The lowest BCUT2D eigenvalue weighted by Crippen LogP contribution is -2.67. The highest BCUT2D eigenvalue weighted by Crippen LogP contribution is 2.36. The Hall–Kier alpha value is -0.790. The zero-order valence-corrected chi connectivity index (χ0v) is 15.1. The second-order valence-corrected chi connectivity index (χ2v) is 8.84. The SMILES string of the molecule is O=[S@]1C[C@H]2O[C@@H](OC3CCCCC3)[C@@H]1[C@@H](O)[C@@H]2OCc1ccccc1. The molecule has 3 aliphatic heterocycles. The number of aliphatic hydroxyl groups excluding tert-OH is 1. The third-order valence-corrected chi connectivity index (χ3v) is 7.18. The van der Waals surface area contributed by atoms with Crippen LogP contribution in [0.15, 0.2) is 30.3 Å². The summed E-state index contributed by atoms with van der Waals surface area (Å²) in [4.78, 5) is 0. The molecule has 0 amide bonds. The van der Waals surface area contributed by atoms with Crippen LogP contribution in [0.4, 0.5) is 0 Å². The van der Waals surface area contributed by atoms with Crippen molar-refractivity contribution in [2.45, 2.75) is 74.7 Å². The Morgan fingerprint density at radius 2 is 1.92 bits per heavy atom. The van der Waals surface area contributed by atoms with E-state index in [4.69, 9.17) is 14.2 Å². The van der Waals surface area contributed by atoms with E-state index >= 15 is 0 Å². The molecule has 2 bridgehead atoms. The highest BCUT2D eigenvalue weighted by molar-refractivity contribution is 7.85. The zero-order valence-electron chi connectivity index (χ0n) is 14.3. The summed E-state index contributed by atoms with van der Waals surface area (Å²) in [5, 5.41) is 10.2. The van der Waals surface area contributed by atoms with Gasteiger partial charge in [0.25, 0.3) is 0 Å². The van der Waals surface area contributed by atoms with E-state index in [-0.39, 0.29) is 12.2 Å². The van der Waals surface area contributed by atoms with Gasteiger partial charge in [0.1, 0.15) is 23.6 Å². The number of benzene rings is 1. The van der Waals surface area contributed by atoms with Gasteiger partial charge in [0, 0.05) is 10.8 Å². The van der Waals surface area contributed by atoms with E-state index in [2.05, 4.69) is 0 Å². The van der Waals surface area contributed by atoms with Crippen LogP contribution in [-0.2, 0) is 31.6 Å². The highest BCUT2D eigenvalue weighted by Gasteiger charge is 2.55. The fourth-order valence-electron chi connectivity index (χ4n) is 4.05. The summed E-state index contributed by atoms with van der Waals surface area (Å²) in [5.74, 6) is 0.408. The molecule has 6 atom stereocenters. The molecule has 25 heavy (non-hydrogen) atoms. The monoisotopic (exact) mass is 366 g/mol. The van der Waals surface area contributed by atoms with Crippen molar-refractivity contribution in [3.63, 3.8) is 0 Å². The zero-order chi connectivity index (χ0) is 17.2. The molecule has 3 heterocycles. The van der Waals surface area contributed by atoms with Gasteiger partial charge in [0.2, 0.25) is 0 Å². The predicted molar refractivity (Wildman–Crippen MR) is 94.4 cm³/mol. The first-order chi connectivity index (χ1) is 12.2. The maximum Gasteiger partial charge on any atom is 0.175 e. The van der Waals surface area contributed by atoms with Gasteiger partial charge < -0.3 is 19.3 Å². The van der Waals surface area contributed by atoms with E-state index in [0.717, 1.165) is 18.4 Å². The molecule has 5 rings (SSSR count). The van der Waals surface area contributed by atoms with E-state index in [9.17, 15) is 9.32 Å². The van der Waals surface area contributed by atoms with Crippen molar-refractivity contribution >= 4 is 10.8 Å². The topological polar surface area (TPSA) is 65.0 Å². The van der Waals surface area contributed by atoms with E-state index in [0.29, 0.717) is 12.4 Å². The molecule has 3 saturated heterocycles. The minimum Gasteiger partial charge on any atom is -0.389 e. The Labute approximate surface area is 151 Å². The summed E-state index contributed by atoms with van der Waals surface area (Å²) < 4.78 is 30.5. The molecule has 138 valence electrons. The normalized spacial score (nSPS) is 38.8. The summed E-state index contributed by atoms with van der Waals surface area (Å²) in [6.07, 6.45) is 3.57. The molecule has 1 aliphatic carbocycles. The number of rotatable bonds is 5. The van der Waals surface area contributed by atoms with Crippen LogP contribution in [0.1, 0.15) is 37.7 Å². The third kappa shape index (κ3) is 3.83. The molecule has 1 aromatic rings. The van der Waals surface area contributed by atoms with Crippen LogP contribution < -0.4 is 0 Å². The number of hydrogen-bond acceptors (Lipinski definition) is 5. The molecule has 5 nitrogen and oxygen atoms in total. The summed E-state index contributed by atoms with van der Waals surface area (Å²) >= 11 is 0. The Kier molecular flexibility index (Phi) is 5.53. The summed E-state index contributed by atoms with van der Waals surface area (Å²) in [6.45, 7) is 0.413. The van der Waals surface area contributed by atoms with Gasteiger partial charge in [-0.1, -0.05) is 49.6 Å². The van der Waals surface area contributed by atoms with Gasteiger partial charge in [-0.25, -0.2) is 0 Å². The number of hydrogen-bond donors (Lipinski definition) is 1. The van der Waals surface area contributed by atoms with Crippen LogP contribution in [0.25, 0.3) is 0 Å². The van der Waals surface area contributed by atoms with Crippen LogP contribution in [0.5, 0.6) is 0 Å². The van der Waals surface area contributed by atoms with Crippen molar-refractivity contribution in [2.75, 3.05) is 5.75 Å². The Morgan fingerprint density at radius 3 is 2.64 bits per heavy atom. The van der Waals surface area contributed by atoms with Crippen LogP contribution in [-0.4, -0.2) is 51.0 Å². The maximum atomic E-state index is 12.5. The molecule has 1 saturated carbocycles. The van der Waals surface area contributed by atoms with Gasteiger partial charge >= 0.3 is 0 Å². The van der Waals surface area contributed by atoms with Crippen molar-refractivity contribution in [1.29, 1.82) is 0 Å². The summed E-state index contributed by atoms with van der Waals surface area (Å²) in [5.41, 5.74) is 1.05. The molecule has 0 radical (unpaired) electrons. The molecule has 0 aromatic heterocycles. The largest absolute Gasteiger partial charge is 0.389 e. The van der Waals surface area contributed by atoms with Gasteiger partial charge in [0.15, 0.2) is 6.29 Å². The van der Waals surface area contributed by atoms with Crippen LogP contribution >= 0.6 is 0 Å². The van der Waals surface area contributed by atoms with Crippen molar-refractivity contribution in [2.24, 2.45) is 0 Å². The standard InChI is InChI=1S/C19H26O5S/c20-16-17(22-11-13-7-3-1-4-8-13)15-12-25(21)18(16)19(24-15)23-14-9-5-2-6-10-14/h1,3-4,7-8,14-20H,2,5-6,9-12H2/t15-,16+,17-,18+,19-,25+/m1/s1. The van der Waals surface area contributed by atoms with Gasteiger partial charge in [0.05, 0.1) is 18.5 Å². The number of ether oxygens (including phenoxy) is 3. The average Bonchev–Trinajstić information content (AvgIpc) is 2.62. The minimum atomic E-state index is -1.14. The highest BCUT2D eigenvalue weighted by atomic mass is 32.2. The maximum absolute atomic E-state index is 12.5. The van der Waals surface area contributed by atoms with Crippen LogP contribution in [0.2, 0.25) is 0 Å². The fraction of sp³-hybridized carbons (Fsp3) is 0.684. The Balaban J connectivity index is 1.39. The predicted octanol–water partition coefficient (Wildman–Crippen LogP) is 2.14. The lowest BCUT2D eigenvalue weighted by Gasteiger charge is -2.49. The first-order valence-electron chi connectivity index (χ1n) is 9.24. The number of aliphatic hydroxyl groups is 1. The van der Waals surface area contributed by atoms with Crippen molar-refractivity contribution in [1.82, 2.24) is 0 Å².